The highest BCUT2D eigenvalue weighted by atomic mass is 32.2. The number of carbonyl (C=O) groups is 1. The Morgan fingerprint density at radius 2 is 1.71 bits per heavy atom. The second-order valence-electron chi connectivity index (χ2n) is 7.67. The summed E-state index contributed by atoms with van der Waals surface area (Å²) in [5, 5.41) is 8.85. The van der Waals surface area contributed by atoms with Crippen molar-refractivity contribution >= 4 is 29.5 Å². The molecule has 3 aromatic rings. The van der Waals surface area contributed by atoms with Gasteiger partial charge in [0.1, 0.15) is 5.75 Å². The molecule has 152 valence electrons. The number of carbonyl (C=O) groups excluding carboxylic acids is 1. The van der Waals surface area contributed by atoms with Crippen LogP contribution in [0, 0.1) is 0 Å². The molecule has 6 rings (SSSR count). The van der Waals surface area contributed by atoms with Crippen molar-refractivity contribution in [3.8, 4) is 5.75 Å². The number of amides is 1. The van der Waals surface area contributed by atoms with Gasteiger partial charge in [0.15, 0.2) is 0 Å². The molecule has 3 aliphatic heterocycles. The summed E-state index contributed by atoms with van der Waals surface area (Å²) in [6, 6.07) is 28.0. The molecule has 3 aliphatic rings. The number of hydrazone groups is 1. The second kappa shape index (κ2) is 7.03. The van der Waals surface area contributed by atoms with Gasteiger partial charge in [-0.15, -0.1) is 0 Å². The van der Waals surface area contributed by atoms with Gasteiger partial charge in [-0.1, -0.05) is 78.9 Å². The first-order chi connectivity index (χ1) is 15.2. The van der Waals surface area contributed by atoms with Crippen molar-refractivity contribution in [2.75, 3.05) is 0 Å². The molecule has 5 nitrogen and oxygen atoms in total. The predicted octanol–water partition coefficient (Wildman–Crippen LogP) is 4.75. The fourth-order valence-corrected chi connectivity index (χ4v) is 5.42. The Balaban J connectivity index is 1.43. The van der Waals surface area contributed by atoms with Crippen LogP contribution in [0.2, 0.25) is 0 Å². The van der Waals surface area contributed by atoms with Crippen molar-refractivity contribution in [3.63, 3.8) is 0 Å². The third-order valence-corrected chi connectivity index (χ3v) is 6.86. The van der Waals surface area contributed by atoms with Crippen molar-refractivity contribution in [3.05, 3.63) is 107 Å². The first kappa shape index (κ1) is 18.3. The lowest BCUT2D eigenvalue weighted by Crippen LogP contribution is -2.58. The van der Waals surface area contributed by atoms with Crippen LogP contribution in [0.25, 0.3) is 6.08 Å². The van der Waals surface area contributed by atoms with Crippen LogP contribution in [0.15, 0.2) is 94.9 Å². The molecule has 0 bridgehead atoms. The maximum Gasteiger partial charge on any atom is 0.336 e. The molecule has 1 saturated heterocycles. The number of para-hydroxylation sites is 1. The summed E-state index contributed by atoms with van der Waals surface area (Å²) >= 11 is 1.37. The van der Waals surface area contributed by atoms with Crippen molar-refractivity contribution in [1.29, 1.82) is 0 Å². The van der Waals surface area contributed by atoms with Gasteiger partial charge in [0.05, 0.1) is 16.7 Å². The first-order valence-corrected chi connectivity index (χ1v) is 11.0. The summed E-state index contributed by atoms with van der Waals surface area (Å²) in [6.45, 7) is 0. The average Bonchev–Trinajstić information content (AvgIpc) is 3.39. The van der Waals surface area contributed by atoms with E-state index in [4.69, 9.17) is 9.84 Å². The fourth-order valence-electron chi connectivity index (χ4n) is 4.25. The molecule has 0 unspecified atom stereocenters. The van der Waals surface area contributed by atoms with Crippen LogP contribution in [-0.2, 0) is 4.79 Å². The molecule has 3 aromatic carbocycles. The van der Waals surface area contributed by atoms with E-state index in [-0.39, 0.29) is 11.9 Å². The Kier molecular flexibility index (Phi) is 4.14. The number of ether oxygens (including phenoxy) is 1. The lowest BCUT2D eigenvalue weighted by Gasteiger charge is -2.43. The molecule has 0 aliphatic carbocycles. The van der Waals surface area contributed by atoms with Gasteiger partial charge in [-0.2, -0.15) is 5.10 Å². The number of benzene rings is 3. The standard InChI is InChI=1S/C25H19N3O2S/c29-24-23(15-17-9-3-1-4-10-17)31-25(26-24)28-21(19-13-7-8-14-22(19)30-25)16-20(27-28)18-11-5-2-6-12-18/h1-15,21H,16H2,(H,26,29)/b23-15+/t21-,25-/m1/s1. The summed E-state index contributed by atoms with van der Waals surface area (Å²) < 4.78 is 6.43. The molecule has 1 N–H and O–H groups in total. The third kappa shape index (κ3) is 3.02. The fraction of sp³-hybridized carbons (Fsp3) is 0.120. The molecule has 0 aromatic heterocycles. The lowest BCUT2D eigenvalue weighted by molar-refractivity contribution is -0.127. The van der Waals surface area contributed by atoms with E-state index in [1.807, 2.05) is 77.8 Å². The first-order valence-electron chi connectivity index (χ1n) is 10.2. The highest BCUT2D eigenvalue weighted by Gasteiger charge is 2.57. The minimum atomic E-state index is -1.10. The smallest absolute Gasteiger partial charge is 0.336 e. The summed E-state index contributed by atoms with van der Waals surface area (Å²) in [4.78, 5) is 13.6. The molecular formula is C25H19N3O2S. The SMILES string of the molecule is O=C1N[C@@]2(Oc3ccccc3[C@H]3CC(c4ccccc4)=NN32)S/C1=C/c1ccccc1. The van der Waals surface area contributed by atoms with E-state index < -0.39 is 5.18 Å². The maximum absolute atomic E-state index is 12.9. The van der Waals surface area contributed by atoms with Crippen LogP contribution in [0.5, 0.6) is 5.75 Å². The largest absolute Gasteiger partial charge is 0.439 e. The second-order valence-corrected chi connectivity index (χ2v) is 8.87. The Labute approximate surface area is 184 Å². The normalized spacial score (nSPS) is 25.1. The third-order valence-electron chi connectivity index (χ3n) is 5.69. The van der Waals surface area contributed by atoms with E-state index in [0.29, 0.717) is 4.91 Å². The Bertz CT molecular complexity index is 1230. The molecule has 3 heterocycles. The van der Waals surface area contributed by atoms with Gasteiger partial charge in [-0.3, -0.25) is 10.1 Å². The van der Waals surface area contributed by atoms with Crippen LogP contribution in [0.4, 0.5) is 0 Å². The number of rotatable bonds is 2. The minimum Gasteiger partial charge on any atom is -0.439 e. The quantitative estimate of drug-likeness (QED) is 0.603. The van der Waals surface area contributed by atoms with E-state index in [2.05, 4.69) is 23.5 Å². The number of nitrogens with one attached hydrogen (secondary N) is 1. The summed E-state index contributed by atoms with van der Waals surface area (Å²) in [7, 11) is 0. The van der Waals surface area contributed by atoms with Crippen LogP contribution >= 0.6 is 11.8 Å². The van der Waals surface area contributed by atoms with E-state index in [0.717, 1.165) is 34.6 Å². The monoisotopic (exact) mass is 425 g/mol. The molecule has 2 atom stereocenters. The Morgan fingerprint density at radius 1 is 1.00 bits per heavy atom. The molecule has 1 spiro atoms. The van der Waals surface area contributed by atoms with Crippen molar-refractivity contribution in [1.82, 2.24) is 10.3 Å². The molecule has 0 saturated carbocycles. The molecule has 31 heavy (non-hydrogen) atoms. The zero-order valence-electron chi connectivity index (χ0n) is 16.6. The van der Waals surface area contributed by atoms with E-state index in [1.165, 1.54) is 11.8 Å². The number of fused-ring (bicyclic) bond motifs is 4. The van der Waals surface area contributed by atoms with Gasteiger partial charge in [0, 0.05) is 12.0 Å². The van der Waals surface area contributed by atoms with Gasteiger partial charge in [-0.25, -0.2) is 5.01 Å². The van der Waals surface area contributed by atoms with Crippen LogP contribution in [0.3, 0.4) is 0 Å². The average molecular weight is 426 g/mol. The number of hydrogen-bond acceptors (Lipinski definition) is 5. The van der Waals surface area contributed by atoms with Crippen LogP contribution in [0.1, 0.15) is 29.2 Å². The molecule has 0 radical (unpaired) electrons. The van der Waals surface area contributed by atoms with Gasteiger partial charge in [0.25, 0.3) is 5.91 Å². The summed E-state index contributed by atoms with van der Waals surface area (Å²) in [6.07, 6.45) is 2.64. The highest BCUT2D eigenvalue weighted by Crippen LogP contribution is 2.53. The van der Waals surface area contributed by atoms with Crippen molar-refractivity contribution < 1.29 is 9.53 Å². The zero-order chi connectivity index (χ0) is 20.8. The topological polar surface area (TPSA) is 53.9 Å². The van der Waals surface area contributed by atoms with Gasteiger partial charge < -0.3 is 4.74 Å². The minimum absolute atomic E-state index is 0.0102. The van der Waals surface area contributed by atoms with Gasteiger partial charge >= 0.3 is 5.18 Å². The van der Waals surface area contributed by atoms with Gasteiger partial charge in [0.2, 0.25) is 0 Å². The van der Waals surface area contributed by atoms with Crippen molar-refractivity contribution in [2.45, 2.75) is 17.6 Å². The molecule has 6 heteroatoms. The van der Waals surface area contributed by atoms with Crippen molar-refractivity contribution in [2.24, 2.45) is 5.10 Å². The predicted molar refractivity (Wildman–Crippen MR) is 122 cm³/mol. The Hall–Kier alpha value is -3.51. The van der Waals surface area contributed by atoms with Crippen LogP contribution < -0.4 is 10.1 Å². The summed E-state index contributed by atoms with van der Waals surface area (Å²) in [5.74, 6) is 0.623. The van der Waals surface area contributed by atoms with E-state index >= 15 is 0 Å². The van der Waals surface area contributed by atoms with Crippen LogP contribution in [-0.4, -0.2) is 21.8 Å². The lowest BCUT2D eigenvalue weighted by atomic mass is 9.97. The Morgan fingerprint density at radius 3 is 2.52 bits per heavy atom. The number of nitrogens with zero attached hydrogens (tertiary/aromatic N) is 2. The molecule has 1 amide bonds. The number of hydrogen-bond donors (Lipinski definition) is 1. The number of thioether (sulfide) groups is 1. The molecule has 1 fully saturated rings. The van der Waals surface area contributed by atoms with E-state index in [9.17, 15) is 4.79 Å². The summed E-state index contributed by atoms with van der Waals surface area (Å²) in [5.41, 5.74) is 4.12. The van der Waals surface area contributed by atoms with E-state index in [1.54, 1.807) is 0 Å². The zero-order valence-corrected chi connectivity index (χ0v) is 17.4. The molecular weight excluding hydrogens is 406 g/mol. The highest BCUT2D eigenvalue weighted by molar-refractivity contribution is 8.05. The van der Waals surface area contributed by atoms with Gasteiger partial charge in [-0.05, 0) is 35.0 Å². The maximum atomic E-state index is 12.9.